The number of nitro benzene ring substituents is 1. The molecule has 0 spiro atoms. The van der Waals surface area contributed by atoms with Crippen LogP contribution in [-0.2, 0) is 11.2 Å². The van der Waals surface area contributed by atoms with E-state index in [4.69, 9.17) is 0 Å². The Kier molecular flexibility index (Phi) is 6.09. The lowest BCUT2D eigenvalue weighted by molar-refractivity contribution is -0.384. The number of rotatable bonds is 7. The summed E-state index contributed by atoms with van der Waals surface area (Å²) in [5, 5.41) is 15.7. The molecule has 1 atom stereocenters. The van der Waals surface area contributed by atoms with Crippen LogP contribution in [0.1, 0.15) is 26.3 Å². The van der Waals surface area contributed by atoms with Gasteiger partial charge in [-0.15, -0.1) is 11.3 Å². The molecular weight excluding hydrogens is 480 g/mol. The van der Waals surface area contributed by atoms with Gasteiger partial charge in [-0.3, -0.25) is 29.4 Å². The molecule has 0 fully saturated rings. The van der Waals surface area contributed by atoms with Gasteiger partial charge in [-0.1, -0.05) is 54.6 Å². The standard InChI is InChI=1S/C26H18N4O5S/c31-23(28-26-27-21(15-36-26)17-9-6-10-18(14-17)30(34)35)22(13-16-7-2-1-3-8-16)29-24(32)19-11-4-5-12-20(19)25(29)33/h1-12,14-15,22H,13H2,(H,27,28,31). The lowest BCUT2D eigenvalue weighted by Crippen LogP contribution is -2.48. The molecule has 1 unspecified atom stereocenters. The molecule has 1 aromatic heterocycles. The highest BCUT2D eigenvalue weighted by Crippen LogP contribution is 2.29. The van der Waals surface area contributed by atoms with Crippen molar-refractivity contribution in [3.63, 3.8) is 0 Å². The van der Waals surface area contributed by atoms with E-state index in [0.29, 0.717) is 11.3 Å². The number of carbonyl (C=O) groups is 3. The van der Waals surface area contributed by atoms with Crippen molar-refractivity contribution in [3.8, 4) is 11.3 Å². The second-order valence-electron chi connectivity index (χ2n) is 8.07. The molecule has 3 aromatic carbocycles. The van der Waals surface area contributed by atoms with Crippen LogP contribution >= 0.6 is 11.3 Å². The first-order chi connectivity index (χ1) is 17.4. The Balaban J connectivity index is 1.43. The second-order valence-corrected chi connectivity index (χ2v) is 8.92. The quantitative estimate of drug-likeness (QED) is 0.226. The summed E-state index contributed by atoms with van der Waals surface area (Å²) >= 11 is 1.14. The molecular formula is C26H18N4O5S. The van der Waals surface area contributed by atoms with Crippen molar-refractivity contribution >= 4 is 39.9 Å². The fourth-order valence-corrected chi connectivity index (χ4v) is 4.78. The van der Waals surface area contributed by atoms with E-state index in [-0.39, 0.29) is 28.4 Å². The van der Waals surface area contributed by atoms with E-state index in [0.717, 1.165) is 21.8 Å². The Morgan fingerprint density at radius 1 is 0.972 bits per heavy atom. The fraction of sp³-hybridized carbons (Fsp3) is 0.0769. The van der Waals surface area contributed by atoms with Gasteiger partial charge in [0.15, 0.2) is 5.13 Å². The molecule has 10 heteroatoms. The van der Waals surface area contributed by atoms with E-state index < -0.39 is 28.7 Å². The van der Waals surface area contributed by atoms with Gasteiger partial charge in [0.2, 0.25) is 5.91 Å². The number of aromatic nitrogens is 1. The van der Waals surface area contributed by atoms with Gasteiger partial charge in [0.1, 0.15) is 6.04 Å². The molecule has 2 heterocycles. The summed E-state index contributed by atoms with van der Waals surface area (Å²) in [6, 6.07) is 20.5. The molecule has 0 aliphatic carbocycles. The van der Waals surface area contributed by atoms with Gasteiger partial charge < -0.3 is 5.32 Å². The van der Waals surface area contributed by atoms with E-state index in [1.54, 1.807) is 41.8 Å². The van der Waals surface area contributed by atoms with Gasteiger partial charge >= 0.3 is 0 Å². The van der Waals surface area contributed by atoms with Crippen LogP contribution in [0, 0.1) is 10.1 Å². The Bertz CT molecular complexity index is 1470. The molecule has 5 rings (SSSR count). The summed E-state index contributed by atoms with van der Waals surface area (Å²) in [6.45, 7) is 0. The van der Waals surface area contributed by atoms with Gasteiger partial charge in [-0.2, -0.15) is 0 Å². The lowest BCUT2D eigenvalue weighted by atomic mass is 10.0. The molecule has 1 aliphatic heterocycles. The fourth-order valence-electron chi connectivity index (χ4n) is 4.06. The monoisotopic (exact) mass is 498 g/mol. The number of nitrogens with one attached hydrogen (secondary N) is 1. The third-order valence-corrected chi connectivity index (χ3v) is 6.56. The van der Waals surface area contributed by atoms with Crippen LogP contribution in [0.4, 0.5) is 10.8 Å². The van der Waals surface area contributed by atoms with Gasteiger partial charge in [-0.05, 0) is 17.7 Å². The number of fused-ring (bicyclic) bond motifs is 1. The number of carbonyl (C=O) groups excluding carboxylic acids is 3. The molecule has 0 radical (unpaired) electrons. The minimum Gasteiger partial charge on any atom is -0.300 e. The Hall–Kier alpha value is -4.70. The SMILES string of the molecule is O=C(Nc1nc(-c2cccc([N+](=O)[O-])c2)cs1)C(Cc1ccccc1)N1C(=O)c2ccccc2C1=O. The third-order valence-electron chi connectivity index (χ3n) is 5.80. The van der Waals surface area contributed by atoms with Gasteiger partial charge in [-0.25, -0.2) is 4.98 Å². The molecule has 3 amide bonds. The normalized spacial score (nSPS) is 13.4. The first kappa shape index (κ1) is 23.1. The zero-order chi connectivity index (χ0) is 25.2. The van der Waals surface area contributed by atoms with Gasteiger partial charge in [0.05, 0.1) is 21.7 Å². The zero-order valence-corrected chi connectivity index (χ0v) is 19.5. The molecule has 178 valence electrons. The van der Waals surface area contributed by atoms with E-state index >= 15 is 0 Å². The number of nitro groups is 1. The van der Waals surface area contributed by atoms with E-state index in [2.05, 4.69) is 10.3 Å². The topological polar surface area (TPSA) is 123 Å². The summed E-state index contributed by atoms with van der Waals surface area (Å²) in [6.07, 6.45) is 0.126. The average molecular weight is 499 g/mol. The minimum atomic E-state index is -1.11. The van der Waals surface area contributed by atoms with Gasteiger partial charge in [0.25, 0.3) is 17.5 Å². The first-order valence-electron chi connectivity index (χ1n) is 10.9. The van der Waals surface area contributed by atoms with Crippen molar-refractivity contribution in [2.45, 2.75) is 12.5 Å². The maximum absolute atomic E-state index is 13.5. The molecule has 1 N–H and O–H groups in total. The lowest BCUT2D eigenvalue weighted by Gasteiger charge is -2.25. The van der Waals surface area contributed by atoms with Crippen molar-refractivity contribution < 1.29 is 19.3 Å². The van der Waals surface area contributed by atoms with Crippen LogP contribution in [-0.4, -0.2) is 38.6 Å². The molecule has 0 saturated carbocycles. The highest BCUT2D eigenvalue weighted by molar-refractivity contribution is 7.14. The highest BCUT2D eigenvalue weighted by Gasteiger charge is 2.42. The average Bonchev–Trinajstić information content (AvgIpc) is 3.46. The van der Waals surface area contributed by atoms with Crippen LogP contribution in [0.15, 0.2) is 84.2 Å². The molecule has 0 saturated heterocycles. The predicted molar refractivity (Wildman–Crippen MR) is 134 cm³/mol. The third kappa shape index (κ3) is 4.37. The van der Waals surface area contributed by atoms with Crippen molar-refractivity contribution in [2.24, 2.45) is 0 Å². The molecule has 4 aromatic rings. The molecule has 1 aliphatic rings. The number of amides is 3. The van der Waals surface area contributed by atoms with E-state index in [1.807, 2.05) is 30.3 Å². The summed E-state index contributed by atoms with van der Waals surface area (Å²) in [5.41, 5.74) is 2.22. The Morgan fingerprint density at radius 3 is 2.31 bits per heavy atom. The Morgan fingerprint density at radius 2 is 1.64 bits per heavy atom. The van der Waals surface area contributed by atoms with Crippen molar-refractivity contribution in [2.75, 3.05) is 5.32 Å². The summed E-state index contributed by atoms with van der Waals surface area (Å²) < 4.78 is 0. The second kappa shape index (κ2) is 9.51. The molecule has 9 nitrogen and oxygen atoms in total. The van der Waals surface area contributed by atoms with Crippen LogP contribution in [0.25, 0.3) is 11.3 Å². The van der Waals surface area contributed by atoms with Crippen LogP contribution in [0.5, 0.6) is 0 Å². The smallest absolute Gasteiger partial charge is 0.270 e. The van der Waals surface area contributed by atoms with E-state index in [1.165, 1.54) is 12.1 Å². The predicted octanol–water partition coefficient (Wildman–Crippen LogP) is 4.56. The Labute approximate surface area is 209 Å². The van der Waals surface area contributed by atoms with Crippen molar-refractivity contribution in [3.05, 3.63) is 111 Å². The maximum atomic E-state index is 13.5. The van der Waals surface area contributed by atoms with Crippen LogP contribution in [0.3, 0.4) is 0 Å². The van der Waals surface area contributed by atoms with Crippen molar-refractivity contribution in [1.29, 1.82) is 0 Å². The number of anilines is 1. The minimum absolute atomic E-state index is 0.0698. The summed E-state index contributed by atoms with van der Waals surface area (Å²) in [7, 11) is 0. The first-order valence-corrected chi connectivity index (χ1v) is 11.8. The number of thiazole rings is 1. The zero-order valence-electron chi connectivity index (χ0n) is 18.7. The number of benzene rings is 3. The maximum Gasteiger partial charge on any atom is 0.270 e. The number of hydrogen-bond donors (Lipinski definition) is 1. The number of non-ortho nitro benzene ring substituents is 1. The van der Waals surface area contributed by atoms with Crippen molar-refractivity contribution in [1.82, 2.24) is 9.88 Å². The highest BCUT2D eigenvalue weighted by atomic mass is 32.1. The molecule has 0 bridgehead atoms. The largest absolute Gasteiger partial charge is 0.300 e. The van der Waals surface area contributed by atoms with Gasteiger partial charge in [0, 0.05) is 29.5 Å². The number of hydrogen-bond acceptors (Lipinski definition) is 7. The van der Waals surface area contributed by atoms with E-state index in [9.17, 15) is 24.5 Å². The summed E-state index contributed by atoms with van der Waals surface area (Å²) in [4.78, 5) is 55.7. The van der Waals surface area contributed by atoms with Crippen LogP contribution < -0.4 is 5.32 Å². The van der Waals surface area contributed by atoms with Crippen LogP contribution in [0.2, 0.25) is 0 Å². The number of nitrogens with zero attached hydrogens (tertiary/aromatic N) is 3. The molecule has 36 heavy (non-hydrogen) atoms. The number of imide groups is 1. The summed E-state index contributed by atoms with van der Waals surface area (Å²) in [5.74, 6) is -1.61.